The third-order valence-electron chi connectivity index (χ3n) is 4.23. The molecule has 0 saturated carbocycles. The number of nitrogens with one attached hydrogen (secondary N) is 1. The third-order valence-corrected chi connectivity index (χ3v) is 4.23. The normalized spacial score (nSPS) is 16.2. The predicted octanol–water partition coefficient (Wildman–Crippen LogP) is 3.95. The van der Waals surface area contributed by atoms with Gasteiger partial charge < -0.3 is 15.0 Å². The Balaban J connectivity index is 1.95. The standard InChI is InChI=1S/C17H34N2O2/c1-3-5-6-7-8-9-10-13-18-16-11-14-19(15-12-16)17(20)21-4-2/h16,18H,3-15H2,1-2H3. The fourth-order valence-electron chi connectivity index (χ4n) is 2.87. The molecule has 21 heavy (non-hydrogen) atoms. The van der Waals surface area contributed by atoms with Crippen molar-refractivity contribution in [3.05, 3.63) is 0 Å². The number of amides is 1. The monoisotopic (exact) mass is 298 g/mol. The SMILES string of the molecule is CCCCCCCCCNC1CCN(C(=O)OCC)CC1. The van der Waals surface area contributed by atoms with Crippen LogP contribution in [0.5, 0.6) is 0 Å². The Morgan fingerprint density at radius 3 is 2.29 bits per heavy atom. The summed E-state index contributed by atoms with van der Waals surface area (Å²) in [4.78, 5) is 13.4. The molecule has 1 aliphatic heterocycles. The zero-order chi connectivity index (χ0) is 15.3. The van der Waals surface area contributed by atoms with Gasteiger partial charge in [0.2, 0.25) is 0 Å². The van der Waals surface area contributed by atoms with Crippen LogP contribution >= 0.6 is 0 Å². The van der Waals surface area contributed by atoms with E-state index in [9.17, 15) is 4.79 Å². The average Bonchev–Trinajstić information content (AvgIpc) is 2.51. The average molecular weight is 298 g/mol. The van der Waals surface area contributed by atoms with Crippen molar-refractivity contribution in [3.63, 3.8) is 0 Å². The van der Waals surface area contributed by atoms with Gasteiger partial charge in [-0.3, -0.25) is 0 Å². The molecule has 1 N–H and O–H groups in total. The Morgan fingerprint density at radius 1 is 1.05 bits per heavy atom. The van der Waals surface area contributed by atoms with Crippen LogP contribution in [0, 0.1) is 0 Å². The molecular formula is C17H34N2O2. The highest BCUT2D eigenvalue weighted by atomic mass is 16.6. The van der Waals surface area contributed by atoms with Gasteiger partial charge in [-0.1, -0.05) is 45.4 Å². The van der Waals surface area contributed by atoms with Crippen LogP contribution in [0.15, 0.2) is 0 Å². The molecule has 0 aliphatic carbocycles. The molecule has 1 amide bonds. The Labute approximate surface area is 130 Å². The molecule has 1 aliphatic rings. The van der Waals surface area contributed by atoms with Crippen LogP contribution in [0.1, 0.15) is 71.6 Å². The van der Waals surface area contributed by atoms with Crippen molar-refractivity contribution in [1.29, 1.82) is 0 Å². The summed E-state index contributed by atoms with van der Waals surface area (Å²) in [6.07, 6.45) is 11.5. The van der Waals surface area contributed by atoms with Crippen LogP contribution in [0.3, 0.4) is 0 Å². The fraction of sp³-hybridized carbons (Fsp3) is 0.941. The Morgan fingerprint density at radius 2 is 1.67 bits per heavy atom. The van der Waals surface area contributed by atoms with Gasteiger partial charge in [0.25, 0.3) is 0 Å². The van der Waals surface area contributed by atoms with E-state index >= 15 is 0 Å². The minimum absolute atomic E-state index is 0.150. The summed E-state index contributed by atoms with van der Waals surface area (Å²) in [5, 5.41) is 3.64. The van der Waals surface area contributed by atoms with Gasteiger partial charge >= 0.3 is 6.09 Å². The van der Waals surface area contributed by atoms with Gasteiger partial charge in [0.05, 0.1) is 6.61 Å². The van der Waals surface area contributed by atoms with Gasteiger partial charge in [-0.05, 0) is 32.7 Å². The maximum Gasteiger partial charge on any atom is 0.409 e. The topological polar surface area (TPSA) is 41.6 Å². The van der Waals surface area contributed by atoms with Crippen molar-refractivity contribution in [2.75, 3.05) is 26.2 Å². The smallest absolute Gasteiger partial charge is 0.409 e. The van der Waals surface area contributed by atoms with Crippen molar-refractivity contribution in [2.24, 2.45) is 0 Å². The lowest BCUT2D eigenvalue weighted by Crippen LogP contribution is -2.45. The molecule has 0 atom stereocenters. The van der Waals surface area contributed by atoms with Crippen LogP contribution < -0.4 is 5.32 Å². The van der Waals surface area contributed by atoms with Crippen molar-refractivity contribution >= 4 is 6.09 Å². The van der Waals surface area contributed by atoms with Gasteiger partial charge in [0, 0.05) is 19.1 Å². The maximum absolute atomic E-state index is 11.6. The van der Waals surface area contributed by atoms with Crippen LogP contribution in [0.4, 0.5) is 4.79 Å². The molecule has 0 aromatic heterocycles. The van der Waals surface area contributed by atoms with E-state index < -0.39 is 0 Å². The lowest BCUT2D eigenvalue weighted by molar-refractivity contribution is 0.0951. The molecule has 1 heterocycles. The first-order valence-corrected chi connectivity index (χ1v) is 8.93. The van der Waals surface area contributed by atoms with E-state index in [4.69, 9.17) is 4.74 Å². The van der Waals surface area contributed by atoms with Crippen LogP contribution in [0.2, 0.25) is 0 Å². The molecule has 1 fully saturated rings. The molecule has 124 valence electrons. The number of carbonyl (C=O) groups excluding carboxylic acids is 1. The number of ether oxygens (including phenoxy) is 1. The predicted molar refractivity (Wildman–Crippen MR) is 87.6 cm³/mol. The lowest BCUT2D eigenvalue weighted by Gasteiger charge is -2.31. The van der Waals surface area contributed by atoms with Crippen molar-refractivity contribution < 1.29 is 9.53 Å². The lowest BCUT2D eigenvalue weighted by atomic mass is 10.0. The largest absolute Gasteiger partial charge is 0.450 e. The van der Waals surface area contributed by atoms with Crippen molar-refractivity contribution in [3.8, 4) is 0 Å². The molecular weight excluding hydrogens is 264 g/mol. The van der Waals surface area contributed by atoms with Crippen LogP contribution in [-0.4, -0.2) is 43.3 Å². The summed E-state index contributed by atoms with van der Waals surface area (Å²) in [5.74, 6) is 0. The van der Waals surface area contributed by atoms with Crippen LogP contribution in [-0.2, 0) is 4.74 Å². The van der Waals surface area contributed by atoms with Gasteiger partial charge in [-0.25, -0.2) is 4.79 Å². The summed E-state index contributed by atoms with van der Waals surface area (Å²) >= 11 is 0. The minimum atomic E-state index is -0.150. The quantitative estimate of drug-likeness (QED) is 0.621. The molecule has 1 rings (SSSR count). The number of likely N-dealkylation sites (tertiary alicyclic amines) is 1. The van der Waals surface area contributed by atoms with E-state index in [1.807, 2.05) is 11.8 Å². The first-order valence-electron chi connectivity index (χ1n) is 8.93. The van der Waals surface area contributed by atoms with Gasteiger partial charge in [0.1, 0.15) is 0 Å². The Hall–Kier alpha value is -0.770. The van der Waals surface area contributed by atoms with E-state index in [2.05, 4.69) is 12.2 Å². The number of unbranched alkanes of at least 4 members (excludes halogenated alkanes) is 6. The maximum atomic E-state index is 11.6. The first-order chi connectivity index (χ1) is 10.3. The molecule has 4 heteroatoms. The second-order valence-corrected chi connectivity index (χ2v) is 6.04. The second-order valence-electron chi connectivity index (χ2n) is 6.04. The third kappa shape index (κ3) is 8.30. The molecule has 0 spiro atoms. The van der Waals surface area contributed by atoms with E-state index in [0.717, 1.165) is 32.5 Å². The number of hydrogen-bond donors (Lipinski definition) is 1. The van der Waals surface area contributed by atoms with Crippen LogP contribution in [0.25, 0.3) is 0 Å². The summed E-state index contributed by atoms with van der Waals surface area (Å²) in [6, 6.07) is 0.579. The van der Waals surface area contributed by atoms with Crippen molar-refractivity contribution in [2.45, 2.75) is 77.7 Å². The number of piperidine rings is 1. The minimum Gasteiger partial charge on any atom is -0.450 e. The highest BCUT2D eigenvalue weighted by Gasteiger charge is 2.22. The molecule has 0 aromatic rings. The molecule has 0 unspecified atom stereocenters. The molecule has 1 saturated heterocycles. The first kappa shape index (κ1) is 18.3. The molecule has 0 bridgehead atoms. The Kier molecular flexibility index (Phi) is 10.3. The fourth-order valence-corrected chi connectivity index (χ4v) is 2.87. The highest BCUT2D eigenvalue weighted by molar-refractivity contribution is 5.67. The highest BCUT2D eigenvalue weighted by Crippen LogP contribution is 2.12. The van der Waals surface area contributed by atoms with Crippen molar-refractivity contribution in [1.82, 2.24) is 10.2 Å². The summed E-state index contributed by atoms with van der Waals surface area (Å²) in [5.41, 5.74) is 0. The molecule has 0 radical (unpaired) electrons. The summed E-state index contributed by atoms with van der Waals surface area (Å²) < 4.78 is 5.04. The zero-order valence-electron chi connectivity index (χ0n) is 14.0. The van der Waals surface area contributed by atoms with E-state index in [0.29, 0.717) is 12.6 Å². The zero-order valence-corrected chi connectivity index (χ0v) is 14.0. The van der Waals surface area contributed by atoms with E-state index in [1.165, 1.54) is 44.9 Å². The second kappa shape index (κ2) is 11.8. The number of nitrogens with zero attached hydrogens (tertiary/aromatic N) is 1. The summed E-state index contributed by atoms with van der Waals surface area (Å²) in [7, 11) is 0. The van der Waals surface area contributed by atoms with Gasteiger partial charge in [0.15, 0.2) is 0 Å². The number of carbonyl (C=O) groups is 1. The number of hydrogen-bond acceptors (Lipinski definition) is 3. The van der Waals surface area contributed by atoms with E-state index in [1.54, 1.807) is 0 Å². The number of rotatable bonds is 10. The van der Waals surface area contributed by atoms with Gasteiger partial charge in [-0.2, -0.15) is 0 Å². The van der Waals surface area contributed by atoms with E-state index in [-0.39, 0.29) is 6.09 Å². The Bertz CT molecular complexity index is 264. The molecule has 4 nitrogen and oxygen atoms in total. The molecule has 0 aromatic carbocycles. The summed E-state index contributed by atoms with van der Waals surface area (Å²) in [6.45, 7) is 7.36. The van der Waals surface area contributed by atoms with Gasteiger partial charge in [-0.15, -0.1) is 0 Å².